The first-order chi connectivity index (χ1) is 12.6. The van der Waals surface area contributed by atoms with Gasteiger partial charge in [-0.3, -0.25) is 9.47 Å². The van der Waals surface area contributed by atoms with Crippen molar-refractivity contribution in [3.8, 4) is 5.75 Å². The van der Waals surface area contributed by atoms with E-state index in [0.717, 1.165) is 17.1 Å². The molecule has 136 valence electrons. The van der Waals surface area contributed by atoms with Crippen LogP contribution in [-0.4, -0.2) is 33.4 Å². The topological polar surface area (TPSA) is 35.2 Å². The summed E-state index contributed by atoms with van der Waals surface area (Å²) in [5.41, 5.74) is 2.44. The van der Waals surface area contributed by atoms with Gasteiger partial charge in [-0.25, -0.2) is 4.68 Å². The van der Waals surface area contributed by atoms with Crippen LogP contribution in [0.25, 0.3) is 0 Å². The van der Waals surface area contributed by atoms with Crippen LogP contribution in [0.3, 0.4) is 0 Å². The van der Waals surface area contributed by atoms with E-state index < -0.39 is 0 Å². The van der Waals surface area contributed by atoms with Crippen molar-refractivity contribution in [2.75, 3.05) is 14.2 Å². The lowest BCUT2D eigenvalue weighted by Crippen LogP contribution is -2.22. The summed E-state index contributed by atoms with van der Waals surface area (Å²) in [6.07, 6.45) is 1.82. The molecule has 26 heavy (non-hydrogen) atoms. The molecule has 0 bridgehead atoms. The SMILES string of the molecule is COc1ccc(CN(C)Cn2ncn(C(C)c3ccccc3)c2=S)cc1. The monoisotopic (exact) mass is 368 g/mol. The smallest absolute Gasteiger partial charge is 0.199 e. The van der Waals surface area contributed by atoms with Crippen LogP contribution in [0, 0.1) is 4.77 Å². The standard InChI is InChI=1S/C20H24N4OS/c1-16(18-7-5-4-6-8-18)23-14-21-24(20(23)26)15-22(2)13-17-9-11-19(25-3)12-10-17/h4-12,14,16H,13,15H2,1-3H3. The number of benzene rings is 2. The second-order valence-electron chi connectivity index (χ2n) is 6.41. The van der Waals surface area contributed by atoms with Gasteiger partial charge in [0.1, 0.15) is 12.1 Å². The highest BCUT2D eigenvalue weighted by molar-refractivity contribution is 7.71. The molecule has 0 amide bonds. The van der Waals surface area contributed by atoms with Crippen molar-refractivity contribution in [1.82, 2.24) is 19.2 Å². The van der Waals surface area contributed by atoms with Crippen LogP contribution in [0.2, 0.25) is 0 Å². The Morgan fingerprint density at radius 2 is 1.81 bits per heavy atom. The van der Waals surface area contributed by atoms with Crippen molar-refractivity contribution in [2.24, 2.45) is 0 Å². The van der Waals surface area contributed by atoms with Crippen LogP contribution >= 0.6 is 12.2 Å². The van der Waals surface area contributed by atoms with E-state index in [1.807, 2.05) is 45.9 Å². The predicted molar refractivity (Wildman–Crippen MR) is 106 cm³/mol. The van der Waals surface area contributed by atoms with Crippen molar-refractivity contribution >= 4 is 12.2 Å². The van der Waals surface area contributed by atoms with Gasteiger partial charge in [0.05, 0.1) is 19.8 Å². The van der Waals surface area contributed by atoms with E-state index in [2.05, 4.69) is 48.2 Å². The molecule has 3 aromatic rings. The summed E-state index contributed by atoms with van der Waals surface area (Å²) in [4.78, 5) is 2.18. The second kappa shape index (κ2) is 8.29. The van der Waals surface area contributed by atoms with Gasteiger partial charge in [0.25, 0.3) is 0 Å². The maximum Gasteiger partial charge on any atom is 0.199 e. The largest absolute Gasteiger partial charge is 0.497 e. The van der Waals surface area contributed by atoms with Crippen molar-refractivity contribution in [2.45, 2.75) is 26.2 Å². The van der Waals surface area contributed by atoms with Crippen molar-refractivity contribution in [3.63, 3.8) is 0 Å². The van der Waals surface area contributed by atoms with E-state index in [0.29, 0.717) is 6.67 Å². The molecule has 0 aliphatic heterocycles. The highest BCUT2D eigenvalue weighted by Crippen LogP contribution is 2.18. The first kappa shape index (κ1) is 18.4. The van der Waals surface area contributed by atoms with E-state index >= 15 is 0 Å². The molecule has 1 atom stereocenters. The molecule has 1 unspecified atom stereocenters. The quantitative estimate of drug-likeness (QED) is 0.588. The summed E-state index contributed by atoms with van der Waals surface area (Å²) in [7, 11) is 3.74. The third-order valence-electron chi connectivity index (χ3n) is 4.44. The molecule has 0 aliphatic rings. The first-order valence-corrected chi connectivity index (χ1v) is 8.99. The molecule has 0 aliphatic carbocycles. The minimum Gasteiger partial charge on any atom is -0.497 e. The van der Waals surface area contributed by atoms with E-state index in [4.69, 9.17) is 17.0 Å². The van der Waals surface area contributed by atoms with Gasteiger partial charge in [-0.15, -0.1) is 0 Å². The number of hydrogen-bond acceptors (Lipinski definition) is 4. The molecule has 5 nitrogen and oxygen atoms in total. The number of aromatic nitrogens is 3. The summed E-state index contributed by atoms with van der Waals surface area (Å²) in [5, 5.41) is 4.49. The number of nitrogens with zero attached hydrogens (tertiary/aromatic N) is 4. The first-order valence-electron chi connectivity index (χ1n) is 8.59. The van der Waals surface area contributed by atoms with Gasteiger partial charge in [-0.1, -0.05) is 42.5 Å². The van der Waals surface area contributed by atoms with Gasteiger partial charge < -0.3 is 4.74 Å². The summed E-state index contributed by atoms with van der Waals surface area (Å²) < 4.78 is 9.82. The van der Waals surface area contributed by atoms with Crippen LogP contribution in [0.4, 0.5) is 0 Å². The fourth-order valence-electron chi connectivity index (χ4n) is 2.93. The highest BCUT2D eigenvalue weighted by atomic mass is 32.1. The number of rotatable bonds is 7. The van der Waals surface area contributed by atoms with E-state index in [1.54, 1.807) is 7.11 Å². The molecule has 1 aromatic heterocycles. The minimum absolute atomic E-state index is 0.157. The fraction of sp³-hybridized carbons (Fsp3) is 0.300. The Hall–Kier alpha value is -2.44. The molecule has 0 saturated heterocycles. The zero-order chi connectivity index (χ0) is 18.5. The normalized spacial score (nSPS) is 12.3. The maximum absolute atomic E-state index is 5.64. The van der Waals surface area contributed by atoms with Crippen molar-refractivity contribution < 1.29 is 4.74 Å². The van der Waals surface area contributed by atoms with Gasteiger partial charge in [-0.05, 0) is 49.4 Å². The predicted octanol–water partition coefficient (Wildman–Crippen LogP) is 4.12. The third-order valence-corrected chi connectivity index (χ3v) is 4.86. The molecule has 3 rings (SSSR count). The van der Waals surface area contributed by atoms with E-state index in [1.165, 1.54) is 11.1 Å². The Morgan fingerprint density at radius 1 is 1.12 bits per heavy atom. The molecule has 1 heterocycles. The van der Waals surface area contributed by atoms with Gasteiger partial charge in [0.2, 0.25) is 0 Å². The highest BCUT2D eigenvalue weighted by Gasteiger charge is 2.12. The number of methoxy groups -OCH3 is 1. The van der Waals surface area contributed by atoms with Crippen LogP contribution in [-0.2, 0) is 13.2 Å². The third kappa shape index (κ3) is 4.20. The van der Waals surface area contributed by atoms with Crippen LogP contribution in [0.5, 0.6) is 5.75 Å². The Kier molecular flexibility index (Phi) is 5.85. The second-order valence-corrected chi connectivity index (χ2v) is 6.78. The lowest BCUT2D eigenvalue weighted by molar-refractivity contribution is 0.243. The lowest BCUT2D eigenvalue weighted by atomic mass is 10.1. The zero-order valence-electron chi connectivity index (χ0n) is 15.4. The minimum atomic E-state index is 0.157. The molecule has 0 saturated carbocycles. The molecule has 0 radical (unpaired) electrons. The maximum atomic E-state index is 5.64. The van der Waals surface area contributed by atoms with Crippen LogP contribution in [0.15, 0.2) is 60.9 Å². The molecular formula is C20H24N4OS. The zero-order valence-corrected chi connectivity index (χ0v) is 16.2. The Morgan fingerprint density at radius 3 is 2.46 bits per heavy atom. The van der Waals surface area contributed by atoms with Crippen molar-refractivity contribution in [1.29, 1.82) is 0 Å². The number of ether oxygens (including phenoxy) is 1. The van der Waals surface area contributed by atoms with Crippen LogP contribution in [0.1, 0.15) is 24.1 Å². The van der Waals surface area contributed by atoms with Gasteiger partial charge in [0, 0.05) is 6.54 Å². The molecule has 0 spiro atoms. The molecular weight excluding hydrogens is 344 g/mol. The van der Waals surface area contributed by atoms with Gasteiger partial charge >= 0.3 is 0 Å². The lowest BCUT2D eigenvalue weighted by Gasteiger charge is -2.17. The molecule has 2 aromatic carbocycles. The molecule has 6 heteroatoms. The Balaban J connectivity index is 1.68. The molecule has 0 fully saturated rings. The summed E-state index contributed by atoms with van der Waals surface area (Å²) >= 11 is 5.64. The van der Waals surface area contributed by atoms with Crippen molar-refractivity contribution in [3.05, 3.63) is 76.8 Å². The average Bonchev–Trinajstić information content (AvgIpc) is 3.02. The Bertz CT molecular complexity index is 886. The summed E-state index contributed by atoms with van der Waals surface area (Å²) in [6.45, 7) is 3.59. The van der Waals surface area contributed by atoms with Crippen LogP contribution < -0.4 is 4.74 Å². The van der Waals surface area contributed by atoms with Gasteiger partial charge in [-0.2, -0.15) is 5.10 Å². The van der Waals surface area contributed by atoms with Gasteiger partial charge in [0.15, 0.2) is 4.77 Å². The number of hydrogen-bond donors (Lipinski definition) is 0. The molecule has 0 N–H and O–H groups in total. The Labute approximate surface area is 159 Å². The van der Waals surface area contributed by atoms with E-state index in [-0.39, 0.29) is 6.04 Å². The van der Waals surface area contributed by atoms with E-state index in [9.17, 15) is 0 Å². The summed E-state index contributed by atoms with van der Waals surface area (Å²) in [5.74, 6) is 0.868. The fourth-order valence-corrected chi connectivity index (χ4v) is 3.24. The summed E-state index contributed by atoms with van der Waals surface area (Å²) in [6, 6.07) is 18.6. The average molecular weight is 369 g/mol.